The summed E-state index contributed by atoms with van der Waals surface area (Å²) in [7, 11) is -4.62. The van der Waals surface area contributed by atoms with Gasteiger partial charge in [-0.25, -0.2) is 0 Å². The van der Waals surface area contributed by atoms with E-state index in [1.807, 2.05) is 18.2 Å². The number of rotatable bonds is 37. The second kappa shape index (κ2) is 38.3. The average Bonchev–Trinajstić information content (AvgIpc) is 3.24. The van der Waals surface area contributed by atoms with E-state index in [4.69, 9.17) is 18.9 Å². The first kappa shape index (κ1) is 56.8. The molecule has 1 aliphatic heterocycles. The Bertz CT molecular complexity index is 1460. The van der Waals surface area contributed by atoms with Crippen LogP contribution in [-0.4, -0.2) is 96.0 Å². The van der Waals surface area contributed by atoms with Crippen LogP contribution in [0.3, 0.4) is 0 Å². The van der Waals surface area contributed by atoms with E-state index in [9.17, 15) is 37.9 Å². The Balaban J connectivity index is 2.53. The Morgan fingerprint density at radius 1 is 0.548 bits per heavy atom. The van der Waals surface area contributed by atoms with E-state index >= 15 is 0 Å². The van der Waals surface area contributed by atoms with Gasteiger partial charge in [-0.2, -0.15) is 8.42 Å². The average molecular weight is 893 g/mol. The van der Waals surface area contributed by atoms with E-state index in [2.05, 4.69) is 80.7 Å². The molecular formula is C49H80O12S. The summed E-state index contributed by atoms with van der Waals surface area (Å²) < 4.78 is 53.9. The predicted molar refractivity (Wildman–Crippen MR) is 247 cm³/mol. The molecule has 12 nitrogen and oxygen atoms in total. The molecule has 0 aromatic heterocycles. The highest BCUT2D eigenvalue weighted by molar-refractivity contribution is 7.85. The van der Waals surface area contributed by atoms with Crippen molar-refractivity contribution in [2.45, 2.75) is 192 Å². The van der Waals surface area contributed by atoms with Gasteiger partial charge in [-0.3, -0.25) is 14.1 Å². The summed E-state index contributed by atoms with van der Waals surface area (Å²) in [4.78, 5) is 25.4. The number of hydrogen-bond acceptors (Lipinski definition) is 11. The number of esters is 2. The highest BCUT2D eigenvalue weighted by Gasteiger charge is 2.46. The maximum Gasteiger partial charge on any atom is 0.306 e. The van der Waals surface area contributed by atoms with Gasteiger partial charge in [-0.05, 0) is 83.5 Å². The van der Waals surface area contributed by atoms with E-state index < -0.39 is 71.2 Å². The van der Waals surface area contributed by atoms with Crippen LogP contribution >= 0.6 is 0 Å². The van der Waals surface area contributed by atoms with Crippen molar-refractivity contribution in [3.63, 3.8) is 0 Å². The van der Waals surface area contributed by atoms with Gasteiger partial charge in [0.25, 0.3) is 10.1 Å². The molecule has 1 aliphatic rings. The number of unbranched alkanes of at least 4 members (excludes halogenated alkanes) is 11. The second-order valence-electron chi connectivity index (χ2n) is 15.7. The molecule has 4 N–H and O–H groups in total. The standard InChI is InChI=1S/C49H80O12S/c1-3-5-7-9-11-13-15-17-19-20-21-22-24-26-28-30-32-34-36-38-45(51)60-42(40-59-49-48(54)47(53)46(52)43(61-49)41-62(55,56)57)39-58-44(50)37-35-33-31-29-27-25-23-18-16-14-12-10-8-6-4-2/h11,13,17-19,21-23,26-29,32,34,42-43,46-49,52-54H,3-10,12,14-16,20,24-25,30-31,33,35-41H2,1-2H3,(H,55,56,57)/b13-11+,19-17+,22-21+,23-18+,28-26+,29-27+,34-32+/t42-,43-,46-,47?,48?,49+/m1/s1. The zero-order valence-corrected chi connectivity index (χ0v) is 38.5. The predicted octanol–water partition coefficient (Wildman–Crippen LogP) is 9.67. The van der Waals surface area contributed by atoms with Crippen molar-refractivity contribution < 1.29 is 56.8 Å². The van der Waals surface area contributed by atoms with Crippen LogP contribution in [0.15, 0.2) is 85.1 Å². The molecule has 1 fully saturated rings. The van der Waals surface area contributed by atoms with Gasteiger partial charge in [0, 0.05) is 12.8 Å². The lowest BCUT2D eigenvalue weighted by atomic mass is 10.00. The maximum absolute atomic E-state index is 12.8. The molecule has 62 heavy (non-hydrogen) atoms. The van der Waals surface area contributed by atoms with Crippen LogP contribution in [0, 0.1) is 0 Å². The van der Waals surface area contributed by atoms with Crippen LogP contribution in [0.2, 0.25) is 0 Å². The monoisotopic (exact) mass is 893 g/mol. The van der Waals surface area contributed by atoms with Crippen molar-refractivity contribution in [2.24, 2.45) is 0 Å². The van der Waals surface area contributed by atoms with Crippen LogP contribution in [0.5, 0.6) is 0 Å². The summed E-state index contributed by atoms with van der Waals surface area (Å²) in [6.07, 6.45) is 40.7. The van der Waals surface area contributed by atoms with Gasteiger partial charge >= 0.3 is 11.9 Å². The minimum atomic E-state index is -4.62. The van der Waals surface area contributed by atoms with Gasteiger partial charge in [0.15, 0.2) is 12.4 Å². The molecule has 0 aromatic carbocycles. The van der Waals surface area contributed by atoms with E-state index in [1.165, 1.54) is 57.8 Å². The van der Waals surface area contributed by atoms with Crippen LogP contribution in [0.4, 0.5) is 0 Å². The summed E-state index contributed by atoms with van der Waals surface area (Å²) in [5.74, 6) is -2.14. The number of carbonyl (C=O) groups excluding carboxylic acids is 2. The van der Waals surface area contributed by atoms with Crippen molar-refractivity contribution in [2.75, 3.05) is 19.0 Å². The third kappa shape index (κ3) is 32.5. The van der Waals surface area contributed by atoms with Crippen LogP contribution in [0.25, 0.3) is 0 Å². The quantitative estimate of drug-likeness (QED) is 0.0201. The van der Waals surface area contributed by atoms with Gasteiger partial charge in [0.1, 0.15) is 36.8 Å². The first-order valence-corrected chi connectivity index (χ1v) is 24.8. The van der Waals surface area contributed by atoms with Crippen molar-refractivity contribution in [3.8, 4) is 0 Å². The highest BCUT2D eigenvalue weighted by atomic mass is 32.2. The third-order valence-corrected chi connectivity index (χ3v) is 10.7. The maximum atomic E-state index is 12.8. The Morgan fingerprint density at radius 2 is 1.00 bits per heavy atom. The Labute approximate surface area is 373 Å². The van der Waals surface area contributed by atoms with E-state index in [0.717, 1.165) is 51.4 Å². The molecule has 0 aliphatic carbocycles. The molecule has 0 amide bonds. The molecule has 13 heteroatoms. The smallest absolute Gasteiger partial charge is 0.306 e. The number of hydrogen-bond donors (Lipinski definition) is 4. The molecular weight excluding hydrogens is 813 g/mol. The second-order valence-corrected chi connectivity index (χ2v) is 17.2. The number of aliphatic hydroxyl groups excluding tert-OH is 3. The number of carbonyl (C=O) groups is 2. The Hall–Kier alpha value is -3.17. The molecule has 1 rings (SSSR count). The molecule has 0 spiro atoms. The van der Waals surface area contributed by atoms with Crippen molar-refractivity contribution in [1.29, 1.82) is 0 Å². The summed E-state index contributed by atoms with van der Waals surface area (Å²) in [6.45, 7) is 3.62. The molecule has 6 atom stereocenters. The van der Waals surface area contributed by atoms with Gasteiger partial charge in [0.2, 0.25) is 0 Å². The highest BCUT2D eigenvalue weighted by Crippen LogP contribution is 2.24. The first-order valence-electron chi connectivity index (χ1n) is 23.1. The molecule has 0 radical (unpaired) electrons. The summed E-state index contributed by atoms with van der Waals surface area (Å²) in [6, 6.07) is 0. The normalized spacial score (nSPS) is 20.6. The molecule has 0 aromatic rings. The molecule has 1 heterocycles. The van der Waals surface area contributed by atoms with E-state index in [1.54, 1.807) is 0 Å². The van der Waals surface area contributed by atoms with Crippen molar-refractivity contribution in [1.82, 2.24) is 0 Å². The van der Waals surface area contributed by atoms with E-state index in [0.29, 0.717) is 19.3 Å². The fourth-order valence-corrected chi connectivity index (χ4v) is 7.03. The van der Waals surface area contributed by atoms with Crippen LogP contribution < -0.4 is 0 Å². The lowest BCUT2D eigenvalue weighted by molar-refractivity contribution is -0.297. The molecule has 2 unspecified atom stereocenters. The largest absolute Gasteiger partial charge is 0.462 e. The zero-order chi connectivity index (χ0) is 45.5. The lowest BCUT2D eigenvalue weighted by Crippen LogP contribution is -2.60. The number of allylic oxidation sites excluding steroid dienone is 14. The van der Waals surface area contributed by atoms with E-state index in [-0.39, 0.29) is 19.4 Å². The zero-order valence-electron chi connectivity index (χ0n) is 37.7. The van der Waals surface area contributed by atoms with Crippen molar-refractivity contribution >= 4 is 22.1 Å². The van der Waals surface area contributed by atoms with Crippen LogP contribution in [0.1, 0.15) is 155 Å². The summed E-state index contributed by atoms with van der Waals surface area (Å²) >= 11 is 0. The fraction of sp³-hybridized carbons (Fsp3) is 0.673. The van der Waals surface area contributed by atoms with Gasteiger partial charge in [-0.1, -0.05) is 144 Å². The minimum absolute atomic E-state index is 0.0297. The van der Waals surface area contributed by atoms with Crippen LogP contribution in [-0.2, 0) is 38.7 Å². The molecule has 354 valence electrons. The topological polar surface area (TPSA) is 186 Å². The van der Waals surface area contributed by atoms with Gasteiger partial charge in [-0.15, -0.1) is 0 Å². The summed E-state index contributed by atoms with van der Waals surface area (Å²) in [5.41, 5.74) is 0. The van der Waals surface area contributed by atoms with Crippen molar-refractivity contribution in [3.05, 3.63) is 85.1 Å². The third-order valence-electron chi connectivity index (χ3n) is 9.96. The molecule has 0 saturated carbocycles. The molecule has 1 saturated heterocycles. The van der Waals surface area contributed by atoms with Gasteiger partial charge < -0.3 is 34.3 Å². The summed E-state index contributed by atoms with van der Waals surface area (Å²) in [5, 5.41) is 30.9. The fourth-order valence-electron chi connectivity index (χ4n) is 6.33. The minimum Gasteiger partial charge on any atom is -0.462 e. The Morgan fingerprint density at radius 3 is 1.53 bits per heavy atom. The first-order chi connectivity index (χ1) is 30.0. The number of aliphatic hydroxyl groups is 3. The van der Waals surface area contributed by atoms with Gasteiger partial charge in [0.05, 0.1) is 6.61 Å². The number of ether oxygens (including phenoxy) is 4. The Kier molecular flexibility index (Phi) is 35.1. The SMILES string of the molecule is CCCCC/C=C/C/C=C/C/C=C/C/C=C/C/C=C/CCC(=O)O[C@H](COC(=O)CCCC/C=C/C/C=C/CCCCCCCC)CO[C@H]1O[C@H](CS(=O)(=O)O)[C@@H](O)C(O)C1O. The molecule has 0 bridgehead atoms. The lowest BCUT2D eigenvalue weighted by Gasteiger charge is -2.40.